The third kappa shape index (κ3) is 2.99. The fourth-order valence-electron chi connectivity index (χ4n) is 3.53. The number of aryl methyl sites for hydroxylation is 1. The first-order chi connectivity index (χ1) is 10.5. The Kier molecular flexibility index (Phi) is 4.15. The van der Waals surface area contributed by atoms with Crippen LogP contribution >= 0.6 is 0 Å². The lowest BCUT2D eigenvalue weighted by Crippen LogP contribution is -2.36. The highest BCUT2D eigenvalue weighted by molar-refractivity contribution is 5.96. The van der Waals surface area contributed by atoms with E-state index < -0.39 is 11.7 Å². The Morgan fingerprint density at radius 2 is 1.82 bits per heavy atom. The van der Waals surface area contributed by atoms with Gasteiger partial charge >= 0.3 is 6.18 Å². The number of hydrogen-bond acceptors (Lipinski definition) is 1. The van der Waals surface area contributed by atoms with Gasteiger partial charge in [-0.05, 0) is 49.8 Å². The monoisotopic (exact) mass is 311 g/mol. The molecule has 0 saturated heterocycles. The van der Waals surface area contributed by atoms with Gasteiger partial charge in [0.25, 0.3) is 0 Å². The zero-order valence-electron chi connectivity index (χ0n) is 12.5. The Labute approximate surface area is 128 Å². The Hall–Kier alpha value is -1.52. The predicted octanol–water partition coefficient (Wildman–Crippen LogP) is 4.56. The van der Waals surface area contributed by atoms with E-state index in [1.54, 1.807) is 11.0 Å². The van der Waals surface area contributed by atoms with Crippen molar-refractivity contribution in [2.24, 2.45) is 5.92 Å². The molecule has 1 fully saturated rings. The number of nitrogens with zero attached hydrogens (tertiary/aromatic N) is 1. The quantitative estimate of drug-likeness (QED) is 0.744. The van der Waals surface area contributed by atoms with Crippen molar-refractivity contribution in [2.45, 2.75) is 51.1 Å². The highest BCUT2D eigenvalue weighted by Crippen LogP contribution is 2.37. The molecular weight excluding hydrogens is 291 g/mol. The summed E-state index contributed by atoms with van der Waals surface area (Å²) in [6, 6.07) is 3.83. The molecular formula is C17H20F3NO. The number of alkyl halides is 3. The molecule has 0 unspecified atom stereocenters. The number of halogens is 3. The highest BCUT2D eigenvalue weighted by atomic mass is 19.4. The van der Waals surface area contributed by atoms with E-state index in [9.17, 15) is 18.0 Å². The number of hydrogen-bond donors (Lipinski definition) is 0. The van der Waals surface area contributed by atoms with E-state index in [1.807, 2.05) is 0 Å². The molecule has 1 saturated carbocycles. The summed E-state index contributed by atoms with van der Waals surface area (Å²) in [5.74, 6) is 0.000433. The first-order valence-corrected chi connectivity index (χ1v) is 7.98. The second kappa shape index (κ2) is 5.94. The molecule has 1 aromatic rings. The van der Waals surface area contributed by atoms with Crippen molar-refractivity contribution in [1.29, 1.82) is 0 Å². The third-order valence-corrected chi connectivity index (χ3v) is 4.75. The third-order valence-electron chi connectivity index (χ3n) is 4.75. The lowest BCUT2D eigenvalue weighted by Gasteiger charge is -2.26. The maximum atomic E-state index is 13.0. The fraction of sp³-hybridized carbons (Fsp3) is 0.588. The molecule has 1 aliphatic heterocycles. The molecule has 1 aliphatic carbocycles. The van der Waals surface area contributed by atoms with Crippen LogP contribution in [0.2, 0.25) is 0 Å². The van der Waals surface area contributed by atoms with Crippen molar-refractivity contribution < 1.29 is 18.0 Å². The topological polar surface area (TPSA) is 20.3 Å². The van der Waals surface area contributed by atoms with Crippen LogP contribution in [0.5, 0.6) is 0 Å². The van der Waals surface area contributed by atoms with Gasteiger partial charge in [-0.3, -0.25) is 4.79 Å². The zero-order chi connectivity index (χ0) is 15.7. The minimum atomic E-state index is -4.37. The molecule has 2 aliphatic rings. The molecule has 5 heteroatoms. The molecule has 0 bridgehead atoms. The molecule has 1 amide bonds. The van der Waals surface area contributed by atoms with Crippen molar-refractivity contribution in [3.8, 4) is 0 Å². The predicted molar refractivity (Wildman–Crippen MR) is 78.7 cm³/mol. The summed E-state index contributed by atoms with van der Waals surface area (Å²) < 4.78 is 39.0. The highest BCUT2D eigenvalue weighted by Gasteiger charge is 2.34. The molecule has 1 heterocycles. The van der Waals surface area contributed by atoms with Crippen LogP contribution in [0.1, 0.15) is 49.7 Å². The average Bonchev–Trinajstić information content (AvgIpc) is 2.92. The summed E-state index contributed by atoms with van der Waals surface area (Å²) in [6.45, 7) is 0.531. The first-order valence-electron chi connectivity index (χ1n) is 7.98. The molecule has 3 rings (SSSR count). The number of benzene rings is 1. The van der Waals surface area contributed by atoms with E-state index >= 15 is 0 Å². The Morgan fingerprint density at radius 1 is 1.09 bits per heavy atom. The number of fused-ring (bicyclic) bond motifs is 1. The van der Waals surface area contributed by atoms with E-state index in [2.05, 4.69) is 0 Å². The molecule has 22 heavy (non-hydrogen) atoms. The SMILES string of the molecule is O=C(C1CCCC1)N1CCCCc2ccc(C(F)(F)F)cc21. The van der Waals surface area contributed by atoms with Gasteiger partial charge in [0, 0.05) is 18.2 Å². The van der Waals surface area contributed by atoms with Gasteiger partial charge in [0.15, 0.2) is 0 Å². The van der Waals surface area contributed by atoms with E-state index in [4.69, 9.17) is 0 Å². The first kappa shape index (κ1) is 15.4. The van der Waals surface area contributed by atoms with Gasteiger partial charge in [-0.25, -0.2) is 0 Å². The summed E-state index contributed by atoms with van der Waals surface area (Å²) in [5.41, 5.74) is 0.665. The molecule has 0 aromatic heterocycles. The maximum Gasteiger partial charge on any atom is 0.416 e. The summed E-state index contributed by atoms with van der Waals surface area (Å²) in [4.78, 5) is 14.3. The van der Waals surface area contributed by atoms with Gasteiger partial charge in [0.05, 0.1) is 5.56 Å². The second-order valence-corrected chi connectivity index (χ2v) is 6.27. The van der Waals surface area contributed by atoms with Gasteiger partial charge in [-0.1, -0.05) is 18.9 Å². The van der Waals surface area contributed by atoms with E-state index in [1.165, 1.54) is 0 Å². The van der Waals surface area contributed by atoms with Gasteiger partial charge in [-0.2, -0.15) is 13.2 Å². The van der Waals surface area contributed by atoms with Gasteiger partial charge in [0.2, 0.25) is 5.91 Å². The Balaban J connectivity index is 1.97. The molecule has 0 spiro atoms. The molecule has 0 radical (unpaired) electrons. The van der Waals surface area contributed by atoms with Crippen molar-refractivity contribution >= 4 is 11.6 Å². The molecule has 0 atom stereocenters. The molecule has 0 N–H and O–H groups in total. The number of rotatable bonds is 1. The largest absolute Gasteiger partial charge is 0.416 e. The van der Waals surface area contributed by atoms with E-state index in [-0.39, 0.29) is 11.8 Å². The molecule has 1 aromatic carbocycles. The molecule has 2 nitrogen and oxygen atoms in total. The van der Waals surface area contributed by atoms with Crippen LogP contribution in [-0.2, 0) is 17.4 Å². The van der Waals surface area contributed by atoms with Crippen LogP contribution in [0.4, 0.5) is 18.9 Å². The minimum absolute atomic E-state index is 0.0134. The Bertz CT molecular complexity index is 562. The fourth-order valence-corrected chi connectivity index (χ4v) is 3.53. The van der Waals surface area contributed by atoms with Gasteiger partial charge < -0.3 is 4.90 Å². The number of carbonyl (C=O) groups is 1. The van der Waals surface area contributed by atoms with Crippen LogP contribution in [0.25, 0.3) is 0 Å². The summed E-state index contributed by atoms with van der Waals surface area (Å²) >= 11 is 0. The van der Waals surface area contributed by atoms with E-state index in [0.717, 1.165) is 62.6 Å². The standard InChI is InChI=1S/C17H20F3NO/c18-17(19,20)14-9-8-12-5-3-4-10-21(15(12)11-14)16(22)13-6-1-2-7-13/h8-9,11,13H,1-7,10H2. The normalized spacial score (nSPS) is 19.9. The van der Waals surface area contributed by atoms with Crippen molar-refractivity contribution in [1.82, 2.24) is 0 Å². The number of carbonyl (C=O) groups excluding carboxylic acids is 1. The number of amides is 1. The van der Waals surface area contributed by atoms with Crippen LogP contribution in [0.15, 0.2) is 18.2 Å². The number of anilines is 1. The summed E-state index contributed by atoms with van der Waals surface area (Å²) in [5, 5.41) is 0. The summed E-state index contributed by atoms with van der Waals surface area (Å²) in [7, 11) is 0. The second-order valence-electron chi connectivity index (χ2n) is 6.27. The van der Waals surface area contributed by atoms with Crippen LogP contribution in [-0.4, -0.2) is 12.5 Å². The van der Waals surface area contributed by atoms with E-state index in [0.29, 0.717) is 12.2 Å². The smallest absolute Gasteiger partial charge is 0.312 e. The van der Waals surface area contributed by atoms with Gasteiger partial charge in [-0.15, -0.1) is 0 Å². The maximum absolute atomic E-state index is 13.0. The van der Waals surface area contributed by atoms with Crippen LogP contribution < -0.4 is 4.90 Å². The zero-order valence-corrected chi connectivity index (χ0v) is 12.5. The molecule has 120 valence electrons. The van der Waals surface area contributed by atoms with Crippen molar-refractivity contribution in [2.75, 3.05) is 11.4 Å². The minimum Gasteiger partial charge on any atom is -0.312 e. The van der Waals surface area contributed by atoms with Gasteiger partial charge in [0.1, 0.15) is 0 Å². The summed E-state index contributed by atoms with van der Waals surface area (Å²) in [6.07, 6.45) is 1.93. The van der Waals surface area contributed by atoms with Crippen LogP contribution in [0.3, 0.4) is 0 Å². The van der Waals surface area contributed by atoms with Crippen molar-refractivity contribution in [3.05, 3.63) is 29.3 Å². The lowest BCUT2D eigenvalue weighted by molar-refractivity contribution is -0.137. The Morgan fingerprint density at radius 3 is 2.50 bits per heavy atom. The average molecular weight is 311 g/mol. The van der Waals surface area contributed by atoms with Crippen LogP contribution in [0, 0.1) is 5.92 Å². The lowest BCUT2D eigenvalue weighted by atomic mass is 10.0. The van der Waals surface area contributed by atoms with Crippen molar-refractivity contribution in [3.63, 3.8) is 0 Å².